The first-order valence-corrected chi connectivity index (χ1v) is 11.8. The van der Waals surface area contributed by atoms with Crippen LogP contribution in [0, 0.1) is 0 Å². The molecule has 0 radical (unpaired) electrons. The lowest BCUT2D eigenvalue weighted by molar-refractivity contribution is 0.0944. The molecule has 0 saturated carbocycles. The molecule has 198 valence electrons. The Labute approximate surface area is 217 Å². The van der Waals surface area contributed by atoms with Gasteiger partial charge in [0.05, 0.1) is 12.1 Å². The monoisotopic (exact) mass is 523 g/mol. The van der Waals surface area contributed by atoms with E-state index in [1.165, 1.54) is 18.2 Å². The normalized spacial score (nSPS) is 10.7. The molecular weight excluding hydrogens is 496 g/mol. The van der Waals surface area contributed by atoms with Gasteiger partial charge in [0.15, 0.2) is 5.82 Å². The van der Waals surface area contributed by atoms with Crippen LogP contribution in [0.3, 0.4) is 0 Å². The lowest BCUT2D eigenvalue weighted by Gasteiger charge is -2.14. The first-order valence-electron chi connectivity index (χ1n) is 11.8. The third-order valence-corrected chi connectivity index (χ3v) is 5.97. The second-order valence-electron chi connectivity index (χ2n) is 8.29. The Bertz CT molecular complexity index is 1410. The molecule has 0 bridgehead atoms. The fourth-order valence-electron chi connectivity index (χ4n) is 4.09. The fourth-order valence-corrected chi connectivity index (χ4v) is 4.09. The highest BCUT2D eigenvalue weighted by molar-refractivity contribution is 5.95. The second kappa shape index (κ2) is 12.5. The lowest BCUT2D eigenvalue weighted by atomic mass is 10.0. The van der Waals surface area contributed by atoms with Gasteiger partial charge in [0.2, 0.25) is 13.7 Å². The Morgan fingerprint density at radius 2 is 1.58 bits per heavy atom. The number of nitrogens with one attached hydrogen (secondary N) is 4. The van der Waals surface area contributed by atoms with E-state index in [4.69, 9.17) is 9.47 Å². The highest BCUT2D eigenvalue weighted by atomic mass is 19.1. The number of hydrogen-bond donors (Lipinski definition) is 4. The molecule has 0 fully saturated rings. The Hall–Kier alpha value is -4.67. The minimum Gasteiger partial charge on any atom is -0.462 e. The average molecular weight is 524 g/mol. The number of amides is 1. The smallest absolute Gasteiger partial charge is 0.269 e. The van der Waals surface area contributed by atoms with E-state index in [1.54, 1.807) is 25.4 Å². The number of nitrogens with zero attached hydrogens (tertiary/aromatic N) is 1. The van der Waals surface area contributed by atoms with Crippen molar-refractivity contribution < 1.29 is 23.0 Å². The van der Waals surface area contributed by atoms with E-state index in [9.17, 15) is 18.4 Å². The molecule has 0 aliphatic rings. The topological polar surface area (TPSA) is 121 Å². The van der Waals surface area contributed by atoms with Crippen LogP contribution in [0.5, 0.6) is 11.5 Å². The van der Waals surface area contributed by atoms with Crippen LogP contribution in [0.1, 0.15) is 38.3 Å². The number of ether oxygens (including phenoxy) is 2. The Kier molecular flexibility index (Phi) is 8.70. The molecule has 2 aromatic carbocycles. The molecule has 4 rings (SSSR count). The summed E-state index contributed by atoms with van der Waals surface area (Å²) in [6.07, 6.45) is 2.50. The van der Waals surface area contributed by atoms with Gasteiger partial charge in [0, 0.05) is 37.2 Å². The SMILES string of the molecule is CNc1n[nH]c(C(=O)NCc2c(OCF)cccc2OCF)c1Cc1ccc(Cc2ccc[nH]c2=O)cc1. The van der Waals surface area contributed by atoms with Crippen molar-refractivity contribution in [1.82, 2.24) is 20.5 Å². The van der Waals surface area contributed by atoms with Crippen molar-refractivity contribution >= 4 is 11.7 Å². The molecular formula is C27H27F2N5O4. The summed E-state index contributed by atoms with van der Waals surface area (Å²) >= 11 is 0. The van der Waals surface area contributed by atoms with Gasteiger partial charge in [0.25, 0.3) is 11.5 Å². The first-order chi connectivity index (χ1) is 18.5. The van der Waals surface area contributed by atoms with E-state index < -0.39 is 19.6 Å². The second-order valence-corrected chi connectivity index (χ2v) is 8.29. The number of carbonyl (C=O) groups is 1. The van der Waals surface area contributed by atoms with Crippen molar-refractivity contribution in [2.24, 2.45) is 0 Å². The molecule has 0 atom stereocenters. The highest BCUT2D eigenvalue weighted by Crippen LogP contribution is 2.29. The zero-order valence-electron chi connectivity index (χ0n) is 20.6. The maximum absolute atomic E-state index is 13.1. The number of benzene rings is 2. The van der Waals surface area contributed by atoms with E-state index in [0.717, 1.165) is 11.1 Å². The Balaban J connectivity index is 1.50. The van der Waals surface area contributed by atoms with Gasteiger partial charge in [-0.3, -0.25) is 14.7 Å². The van der Waals surface area contributed by atoms with Crippen LogP contribution < -0.4 is 25.7 Å². The van der Waals surface area contributed by atoms with Crippen molar-refractivity contribution in [1.29, 1.82) is 0 Å². The number of carbonyl (C=O) groups excluding carboxylic acids is 1. The van der Waals surface area contributed by atoms with Gasteiger partial charge < -0.3 is 25.1 Å². The largest absolute Gasteiger partial charge is 0.462 e. The summed E-state index contributed by atoms with van der Waals surface area (Å²) in [5, 5.41) is 12.7. The summed E-state index contributed by atoms with van der Waals surface area (Å²) in [4.78, 5) is 27.7. The van der Waals surface area contributed by atoms with Gasteiger partial charge in [-0.05, 0) is 29.3 Å². The average Bonchev–Trinajstić information content (AvgIpc) is 3.33. The molecule has 2 aromatic heterocycles. The number of anilines is 1. The van der Waals surface area contributed by atoms with Gasteiger partial charge in [-0.15, -0.1) is 0 Å². The van der Waals surface area contributed by atoms with E-state index in [1.807, 2.05) is 24.3 Å². The lowest BCUT2D eigenvalue weighted by Crippen LogP contribution is -2.25. The van der Waals surface area contributed by atoms with E-state index in [2.05, 4.69) is 25.8 Å². The minimum atomic E-state index is -1.09. The Morgan fingerprint density at radius 1 is 0.921 bits per heavy atom. The molecule has 4 aromatic rings. The van der Waals surface area contributed by atoms with E-state index in [-0.39, 0.29) is 29.3 Å². The summed E-state index contributed by atoms with van der Waals surface area (Å²) in [6, 6.07) is 15.9. The number of aromatic nitrogens is 3. The number of halogens is 2. The molecule has 9 nitrogen and oxygen atoms in total. The Morgan fingerprint density at radius 3 is 2.18 bits per heavy atom. The number of H-pyrrole nitrogens is 2. The number of alkyl halides is 2. The summed E-state index contributed by atoms with van der Waals surface area (Å²) in [5.74, 6) is 0.321. The van der Waals surface area contributed by atoms with Crippen LogP contribution in [-0.4, -0.2) is 41.9 Å². The number of pyridine rings is 1. The summed E-state index contributed by atoms with van der Waals surface area (Å²) in [5.41, 5.74) is 3.65. The molecule has 0 unspecified atom stereocenters. The quantitative estimate of drug-likeness (QED) is 0.224. The van der Waals surface area contributed by atoms with E-state index >= 15 is 0 Å². The molecule has 1 amide bonds. The molecule has 4 N–H and O–H groups in total. The minimum absolute atomic E-state index is 0.0923. The summed E-state index contributed by atoms with van der Waals surface area (Å²) < 4.78 is 35.6. The van der Waals surface area contributed by atoms with Crippen LogP contribution in [0.25, 0.3) is 0 Å². The summed E-state index contributed by atoms with van der Waals surface area (Å²) in [6.45, 7) is -2.27. The van der Waals surface area contributed by atoms with Crippen LogP contribution in [0.2, 0.25) is 0 Å². The predicted molar refractivity (Wildman–Crippen MR) is 138 cm³/mol. The van der Waals surface area contributed by atoms with Gasteiger partial charge in [-0.25, -0.2) is 8.78 Å². The zero-order chi connectivity index (χ0) is 26.9. The number of aromatic amines is 2. The van der Waals surface area contributed by atoms with Crippen molar-refractivity contribution in [3.63, 3.8) is 0 Å². The molecule has 0 spiro atoms. The van der Waals surface area contributed by atoms with Crippen molar-refractivity contribution in [3.05, 3.63) is 105 Å². The van der Waals surface area contributed by atoms with Crippen molar-refractivity contribution in [3.8, 4) is 11.5 Å². The number of hydrogen-bond acceptors (Lipinski definition) is 6. The van der Waals surface area contributed by atoms with Crippen LogP contribution in [0.15, 0.2) is 65.6 Å². The molecule has 38 heavy (non-hydrogen) atoms. The van der Waals surface area contributed by atoms with Crippen LogP contribution in [0.4, 0.5) is 14.6 Å². The maximum Gasteiger partial charge on any atom is 0.269 e. The maximum atomic E-state index is 13.1. The van der Waals surface area contributed by atoms with Gasteiger partial charge in [-0.2, -0.15) is 5.10 Å². The van der Waals surface area contributed by atoms with E-state index in [0.29, 0.717) is 35.3 Å². The fraction of sp³-hybridized carbons (Fsp3) is 0.222. The molecule has 0 aliphatic carbocycles. The predicted octanol–water partition coefficient (Wildman–Crippen LogP) is 3.86. The first kappa shape index (κ1) is 26.4. The van der Waals surface area contributed by atoms with Gasteiger partial charge in [0.1, 0.15) is 17.2 Å². The highest BCUT2D eigenvalue weighted by Gasteiger charge is 2.20. The third kappa shape index (κ3) is 6.17. The molecule has 0 saturated heterocycles. The standard InChI is InChI=1S/C27H27F2N5O4/c1-30-25-20(13-18-9-7-17(8-10-18)12-19-4-3-11-31-26(19)35)24(33-34-25)27(36)32-14-21-22(37-15-28)5-2-6-23(21)38-16-29/h2-11H,12-16H2,1H3,(H,31,35)(H,32,36)(H2,30,33,34). The van der Waals surface area contributed by atoms with Crippen molar-refractivity contribution in [2.45, 2.75) is 19.4 Å². The molecule has 2 heterocycles. The molecule has 0 aliphatic heterocycles. The number of rotatable bonds is 12. The zero-order valence-corrected chi connectivity index (χ0v) is 20.6. The van der Waals surface area contributed by atoms with Crippen LogP contribution >= 0.6 is 0 Å². The van der Waals surface area contributed by atoms with Crippen molar-refractivity contribution in [2.75, 3.05) is 26.1 Å². The summed E-state index contributed by atoms with van der Waals surface area (Å²) in [7, 11) is 1.70. The third-order valence-electron chi connectivity index (χ3n) is 5.97. The molecule has 11 heteroatoms. The van der Waals surface area contributed by atoms with Crippen LogP contribution in [-0.2, 0) is 19.4 Å². The van der Waals surface area contributed by atoms with Gasteiger partial charge in [-0.1, -0.05) is 36.4 Å². The van der Waals surface area contributed by atoms with Gasteiger partial charge >= 0.3 is 0 Å².